The molecule has 1 N–H and O–H groups in total. The van der Waals surface area contributed by atoms with Crippen molar-refractivity contribution in [3.8, 4) is 0 Å². The molecule has 0 aromatic heterocycles. The van der Waals surface area contributed by atoms with Crippen LogP contribution in [0.25, 0.3) is 0 Å². The molecule has 4 rings (SSSR count). The Kier molecular flexibility index (Phi) is 5.10. The van der Waals surface area contributed by atoms with Gasteiger partial charge < -0.3 is 5.11 Å². The van der Waals surface area contributed by atoms with Crippen LogP contribution in [0.5, 0.6) is 0 Å². The van der Waals surface area contributed by atoms with Gasteiger partial charge in [-0.15, -0.1) is 0 Å². The summed E-state index contributed by atoms with van der Waals surface area (Å²) in [7, 11) is 0. The average molecular weight is 373 g/mol. The molecule has 0 spiro atoms. The van der Waals surface area contributed by atoms with Crippen LogP contribution in [0.15, 0.2) is 11.6 Å². The van der Waals surface area contributed by atoms with Gasteiger partial charge >= 0.3 is 0 Å². The smallest absolute Gasteiger partial charge is 0.0577 e. The lowest BCUT2D eigenvalue weighted by molar-refractivity contribution is -0.0510. The third-order valence-electron chi connectivity index (χ3n) is 9.75. The van der Waals surface area contributed by atoms with E-state index in [-0.39, 0.29) is 6.10 Å². The largest absolute Gasteiger partial charge is 0.393 e. The number of fused-ring (bicyclic) bond motifs is 5. The van der Waals surface area contributed by atoms with Crippen LogP contribution in [0.4, 0.5) is 0 Å². The minimum Gasteiger partial charge on any atom is -0.393 e. The molecular formula is C26H44O. The quantitative estimate of drug-likeness (QED) is 0.522. The normalized spacial score (nSPS) is 47.0. The van der Waals surface area contributed by atoms with Crippen molar-refractivity contribution in [1.82, 2.24) is 0 Å². The molecule has 3 fully saturated rings. The SMILES string of the molecule is CC(C)(C)CCC[C@H]1CC[C@H]2[C@@H]3CC=C4C[C@@H](O)CC[C@]4(C)[C@H]3CC[C@]12C. The second kappa shape index (κ2) is 6.89. The monoisotopic (exact) mass is 372 g/mol. The third kappa shape index (κ3) is 3.45. The van der Waals surface area contributed by atoms with E-state index < -0.39 is 0 Å². The van der Waals surface area contributed by atoms with E-state index >= 15 is 0 Å². The molecule has 0 radical (unpaired) electrons. The van der Waals surface area contributed by atoms with Crippen LogP contribution in [0, 0.1) is 39.9 Å². The van der Waals surface area contributed by atoms with Crippen molar-refractivity contribution in [3.63, 3.8) is 0 Å². The van der Waals surface area contributed by atoms with Gasteiger partial charge in [-0.2, -0.15) is 0 Å². The Labute approximate surface area is 168 Å². The van der Waals surface area contributed by atoms with E-state index in [2.05, 4.69) is 40.7 Å². The first kappa shape index (κ1) is 20.0. The molecule has 1 heteroatoms. The Hall–Kier alpha value is -0.300. The maximum atomic E-state index is 10.2. The lowest BCUT2D eigenvalue weighted by Crippen LogP contribution is -2.50. The molecule has 0 amide bonds. The fraction of sp³-hybridized carbons (Fsp3) is 0.923. The number of hydrogen-bond donors (Lipinski definition) is 1. The standard InChI is InChI=1S/C26H44O/c1-24(2,3)14-6-7-18-9-11-22-21-10-8-19-17-20(27)12-15-26(19,5)23(21)13-16-25(18,22)4/h8,18,20-23,27H,6-7,9-17H2,1-5H3/t18-,20-,21-,22-,23-,25+,26-/m0/s1. The molecule has 0 bridgehead atoms. The van der Waals surface area contributed by atoms with Gasteiger partial charge in [-0.3, -0.25) is 0 Å². The number of allylic oxidation sites excluding steroid dienone is 1. The Balaban J connectivity index is 1.49. The molecule has 4 aliphatic carbocycles. The van der Waals surface area contributed by atoms with Gasteiger partial charge in [0.15, 0.2) is 0 Å². The Bertz CT molecular complexity index is 584. The van der Waals surface area contributed by atoms with Crippen molar-refractivity contribution < 1.29 is 5.11 Å². The first-order valence-corrected chi connectivity index (χ1v) is 12.0. The molecule has 27 heavy (non-hydrogen) atoms. The lowest BCUT2D eigenvalue weighted by Gasteiger charge is -2.58. The summed E-state index contributed by atoms with van der Waals surface area (Å²) in [5.41, 5.74) is 3.11. The summed E-state index contributed by atoms with van der Waals surface area (Å²) in [6.45, 7) is 12.4. The van der Waals surface area contributed by atoms with Crippen LogP contribution in [-0.4, -0.2) is 11.2 Å². The van der Waals surface area contributed by atoms with Crippen molar-refractivity contribution in [2.24, 2.45) is 39.9 Å². The summed E-state index contributed by atoms with van der Waals surface area (Å²) in [5, 5.41) is 10.2. The summed E-state index contributed by atoms with van der Waals surface area (Å²) in [4.78, 5) is 0. The van der Waals surface area contributed by atoms with Crippen LogP contribution >= 0.6 is 0 Å². The van der Waals surface area contributed by atoms with Crippen molar-refractivity contribution in [3.05, 3.63) is 11.6 Å². The molecule has 0 unspecified atom stereocenters. The van der Waals surface area contributed by atoms with E-state index in [0.29, 0.717) is 16.2 Å². The summed E-state index contributed by atoms with van der Waals surface area (Å²) in [6, 6.07) is 0. The van der Waals surface area contributed by atoms with Gasteiger partial charge in [-0.25, -0.2) is 0 Å². The highest BCUT2D eigenvalue weighted by Crippen LogP contribution is 2.66. The van der Waals surface area contributed by atoms with Crippen LogP contribution in [-0.2, 0) is 0 Å². The van der Waals surface area contributed by atoms with E-state index in [9.17, 15) is 5.11 Å². The fourth-order valence-corrected chi connectivity index (χ4v) is 8.10. The topological polar surface area (TPSA) is 20.2 Å². The highest BCUT2D eigenvalue weighted by atomic mass is 16.3. The van der Waals surface area contributed by atoms with Crippen LogP contribution < -0.4 is 0 Å². The first-order chi connectivity index (χ1) is 12.6. The maximum absolute atomic E-state index is 10.2. The fourth-order valence-electron chi connectivity index (χ4n) is 8.10. The van der Waals surface area contributed by atoms with E-state index in [0.717, 1.165) is 36.5 Å². The summed E-state index contributed by atoms with van der Waals surface area (Å²) >= 11 is 0. The van der Waals surface area contributed by atoms with Gasteiger partial charge in [0.25, 0.3) is 0 Å². The van der Waals surface area contributed by atoms with E-state index in [1.807, 2.05) is 0 Å². The number of hydrogen-bond acceptors (Lipinski definition) is 1. The summed E-state index contributed by atoms with van der Waals surface area (Å²) < 4.78 is 0. The number of aliphatic hydroxyl groups excluding tert-OH is 1. The second-order valence-corrected chi connectivity index (χ2v) is 12.4. The summed E-state index contributed by atoms with van der Waals surface area (Å²) in [5.74, 6) is 3.73. The Morgan fingerprint density at radius 1 is 1.04 bits per heavy atom. The zero-order valence-corrected chi connectivity index (χ0v) is 18.7. The van der Waals surface area contributed by atoms with E-state index in [4.69, 9.17) is 0 Å². The van der Waals surface area contributed by atoms with Crippen molar-refractivity contribution >= 4 is 0 Å². The molecule has 154 valence electrons. The summed E-state index contributed by atoms with van der Waals surface area (Å²) in [6.07, 6.45) is 17.2. The molecular weight excluding hydrogens is 328 g/mol. The molecule has 0 saturated heterocycles. The molecule has 0 aliphatic heterocycles. The molecule has 0 aromatic carbocycles. The molecule has 3 saturated carbocycles. The van der Waals surface area contributed by atoms with Gasteiger partial charge in [-0.05, 0) is 104 Å². The highest BCUT2D eigenvalue weighted by molar-refractivity contribution is 5.25. The van der Waals surface area contributed by atoms with Gasteiger partial charge in [0.1, 0.15) is 0 Å². The van der Waals surface area contributed by atoms with Crippen LogP contribution in [0.1, 0.15) is 105 Å². The van der Waals surface area contributed by atoms with Crippen molar-refractivity contribution in [1.29, 1.82) is 0 Å². The van der Waals surface area contributed by atoms with Crippen molar-refractivity contribution in [2.75, 3.05) is 0 Å². The van der Waals surface area contributed by atoms with E-state index in [1.54, 1.807) is 5.57 Å². The molecule has 7 atom stereocenters. The molecule has 1 nitrogen and oxygen atoms in total. The van der Waals surface area contributed by atoms with Gasteiger partial charge in [0.05, 0.1) is 6.10 Å². The van der Waals surface area contributed by atoms with Gasteiger partial charge in [-0.1, -0.05) is 52.7 Å². The highest BCUT2D eigenvalue weighted by Gasteiger charge is 2.58. The maximum Gasteiger partial charge on any atom is 0.0577 e. The van der Waals surface area contributed by atoms with Crippen molar-refractivity contribution in [2.45, 2.75) is 111 Å². The number of rotatable bonds is 3. The van der Waals surface area contributed by atoms with Gasteiger partial charge in [0, 0.05) is 0 Å². The van der Waals surface area contributed by atoms with Gasteiger partial charge in [0.2, 0.25) is 0 Å². The predicted octanol–water partition coefficient (Wildman–Crippen LogP) is 7.14. The van der Waals surface area contributed by atoms with E-state index in [1.165, 1.54) is 57.8 Å². The average Bonchev–Trinajstić information content (AvgIpc) is 2.91. The molecule has 0 aromatic rings. The number of aliphatic hydroxyl groups is 1. The third-order valence-corrected chi connectivity index (χ3v) is 9.75. The predicted molar refractivity (Wildman–Crippen MR) is 115 cm³/mol. The molecule has 4 aliphatic rings. The Morgan fingerprint density at radius 2 is 1.81 bits per heavy atom. The van der Waals surface area contributed by atoms with Crippen LogP contribution in [0.3, 0.4) is 0 Å². The Morgan fingerprint density at radius 3 is 2.56 bits per heavy atom. The lowest BCUT2D eigenvalue weighted by atomic mass is 9.47. The van der Waals surface area contributed by atoms with Crippen LogP contribution in [0.2, 0.25) is 0 Å². The first-order valence-electron chi connectivity index (χ1n) is 12.0. The molecule has 0 heterocycles. The minimum atomic E-state index is -0.0755. The zero-order valence-electron chi connectivity index (χ0n) is 18.7. The minimum absolute atomic E-state index is 0.0755. The zero-order chi connectivity index (χ0) is 19.4. The second-order valence-electron chi connectivity index (χ2n) is 12.4.